The molecule has 9 heteroatoms. The summed E-state index contributed by atoms with van der Waals surface area (Å²) in [4.78, 5) is 8.17. The first-order chi connectivity index (χ1) is 10.9. The maximum absolute atomic E-state index is 12.4. The third-order valence-corrected chi connectivity index (χ3v) is 4.72. The molecule has 0 aromatic carbocycles. The zero-order chi connectivity index (χ0) is 16.9. The summed E-state index contributed by atoms with van der Waals surface area (Å²) in [5.41, 5.74) is 5.88. The van der Waals surface area contributed by atoms with Crippen LogP contribution in [0.2, 0.25) is 0 Å². The van der Waals surface area contributed by atoms with Crippen LogP contribution in [0.25, 0.3) is 0 Å². The van der Waals surface area contributed by atoms with Crippen molar-refractivity contribution in [3.8, 4) is 0 Å². The quantitative estimate of drug-likeness (QED) is 0.359. The minimum atomic E-state index is -4.12. The Morgan fingerprint density at radius 1 is 1.29 bits per heavy atom. The van der Waals surface area contributed by atoms with Crippen molar-refractivity contribution in [1.29, 1.82) is 0 Å². The van der Waals surface area contributed by atoms with E-state index in [9.17, 15) is 13.2 Å². The van der Waals surface area contributed by atoms with Crippen molar-refractivity contribution in [2.75, 3.05) is 45.8 Å². The van der Waals surface area contributed by atoms with Crippen LogP contribution in [0.15, 0.2) is 4.99 Å². The van der Waals surface area contributed by atoms with E-state index in [-0.39, 0.29) is 29.9 Å². The highest BCUT2D eigenvalue weighted by Crippen LogP contribution is 2.22. The number of halogens is 4. The molecule has 24 heavy (non-hydrogen) atoms. The molecule has 0 spiro atoms. The van der Waals surface area contributed by atoms with E-state index < -0.39 is 12.7 Å². The molecule has 2 aliphatic rings. The van der Waals surface area contributed by atoms with Gasteiger partial charge in [0.2, 0.25) is 0 Å². The smallest absolute Gasteiger partial charge is 0.370 e. The normalized spacial score (nSPS) is 26.6. The van der Waals surface area contributed by atoms with Gasteiger partial charge in [-0.2, -0.15) is 13.2 Å². The number of guanidine groups is 1. The lowest BCUT2D eigenvalue weighted by Crippen LogP contribution is -2.43. The first-order valence-corrected chi connectivity index (χ1v) is 8.44. The molecule has 0 aromatic rings. The molecule has 0 aliphatic carbocycles. The Kier molecular flexibility index (Phi) is 9.07. The highest BCUT2D eigenvalue weighted by molar-refractivity contribution is 14.0. The number of hydrogen-bond acceptors (Lipinski definition) is 3. The number of alkyl halides is 3. The predicted octanol–water partition coefficient (Wildman–Crippen LogP) is 1.88. The van der Waals surface area contributed by atoms with Gasteiger partial charge < -0.3 is 11.1 Å². The Hall–Kier alpha value is -0.290. The molecular weight excluding hydrogens is 434 g/mol. The third-order valence-electron chi connectivity index (χ3n) is 4.72. The van der Waals surface area contributed by atoms with E-state index >= 15 is 0 Å². The van der Waals surface area contributed by atoms with Gasteiger partial charge >= 0.3 is 6.18 Å². The lowest BCUT2D eigenvalue weighted by atomic mass is 10.1. The third kappa shape index (κ3) is 7.30. The number of rotatable bonds is 6. The van der Waals surface area contributed by atoms with Crippen LogP contribution in [0.3, 0.4) is 0 Å². The molecule has 142 valence electrons. The van der Waals surface area contributed by atoms with Gasteiger partial charge in [0.1, 0.15) is 0 Å². The SMILES string of the molecule is CCN1CCCC1CNC(N)=NCC1CCN(CC(F)(F)F)C1.I. The Labute approximate surface area is 159 Å². The van der Waals surface area contributed by atoms with Crippen molar-refractivity contribution in [2.45, 2.75) is 38.4 Å². The van der Waals surface area contributed by atoms with Crippen LogP contribution in [-0.4, -0.2) is 73.8 Å². The van der Waals surface area contributed by atoms with Crippen molar-refractivity contribution in [1.82, 2.24) is 15.1 Å². The van der Waals surface area contributed by atoms with E-state index in [0.29, 0.717) is 31.6 Å². The predicted molar refractivity (Wildman–Crippen MR) is 101 cm³/mol. The Bertz CT molecular complexity index is 405. The molecule has 0 bridgehead atoms. The fourth-order valence-corrected chi connectivity index (χ4v) is 3.51. The lowest BCUT2D eigenvalue weighted by Gasteiger charge is -2.23. The van der Waals surface area contributed by atoms with E-state index in [1.54, 1.807) is 0 Å². The summed E-state index contributed by atoms with van der Waals surface area (Å²) in [6.45, 7) is 5.72. The molecular formula is C15H29F3IN5. The van der Waals surface area contributed by atoms with Gasteiger partial charge in [0, 0.05) is 25.7 Å². The fourth-order valence-electron chi connectivity index (χ4n) is 3.51. The zero-order valence-corrected chi connectivity index (χ0v) is 16.5. The first-order valence-electron chi connectivity index (χ1n) is 8.44. The Balaban J connectivity index is 0.00000288. The monoisotopic (exact) mass is 463 g/mol. The maximum Gasteiger partial charge on any atom is 0.401 e. The van der Waals surface area contributed by atoms with Gasteiger partial charge in [-0.15, -0.1) is 24.0 Å². The standard InChI is InChI=1S/C15H28F3N5.HI/c1-2-23-6-3-4-13(23)9-21-14(19)20-8-12-5-7-22(10-12)11-15(16,17)18;/h12-13H,2-11H2,1H3,(H3,19,20,21);1H. The average Bonchev–Trinajstić information content (AvgIpc) is 3.09. The number of hydrogen-bond donors (Lipinski definition) is 2. The van der Waals surface area contributed by atoms with Crippen molar-refractivity contribution < 1.29 is 13.2 Å². The molecule has 2 fully saturated rings. The van der Waals surface area contributed by atoms with Crippen LogP contribution >= 0.6 is 24.0 Å². The number of nitrogens with zero attached hydrogens (tertiary/aromatic N) is 3. The molecule has 0 radical (unpaired) electrons. The molecule has 0 aromatic heterocycles. The lowest BCUT2D eigenvalue weighted by molar-refractivity contribution is -0.143. The summed E-state index contributed by atoms with van der Waals surface area (Å²) >= 11 is 0. The second-order valence-electron chi connectivity index (χ2n) is 6.54. The molecule has 2 heterocycles. The number of nitrogens with two attached hydrogens (primary N) is 1. The summed E-state index contributed by atoms with van der Waals surface area (Å²) in [5.74, 6) is 0.568. The van der Waals surface area contributed by atoms with E-state index in [1.165, 1.54) is 17.7 Å². The average molecular weight is 463 g/mol. The van der Waals surface area contributed by atoms with Gasteiger partial charge in [0.05, 0.1) is 6.54 Å². The van der Waals surface area contributed by atoms with Gasteiger partial charge in [0.25, 0.3) is 0 Å². The van der Waals surface area contributed by atoms with Gasteiger partial charge in [-0.05, 0) is 44.8 Å². The molecule has 2 unspecified atom stereocenters. The molecule has 2 aliphatic heterocycles. The van der Waals surface area contributed by atoms with Crippen molar-refractivity contribution >= 4 is 29.9 Å². The summed E-state index contributed by atoms with van der Waals surface area (Å²) in [6, 6.07) is 0.502. The van der Waals surface area contributed by atoms with Crippen LogP contribution in [0.4, 0.5) is 13.2 Å². The summed E-state index contributed by atoms with van der Waals surface area (Å²) in [5, 5.41) is 3.15. The summed E-state index contributed by atoms with van der Waals surface area (Å²) in [7, 11) is 0. The molecule has 0 amide bonds. The maximum atomic E-state index is 12.4. The van der Waals surface area contributed by atoms with Gasteiger partial charge in [-0.25, -0.2) is 0 Å². The Morgan fingerprint density at radius 2 is 2.04 bits per heavy atom. The highest BCUT2D eigenvalue weighted by Gasteiger charge is 2.34. The van der Waals surface area contributed by atoms with Crippen LogP contribution in [0, 0.1) is 5.92 Å². The summed E-state index contributed by atoms with van der Waals surface area (Å²) in [6.07, 6.45) is -0.984. The minimum absolute atomic E-state index is 0. The second kappa shape index (κ2) is 10.0. The topological polar surface area (TPSA) is 56.9 Å². The zero-order valence-electron chi connectivity index (χ0n) is 14.2. The molecule has 0 saturated carbocycles. The second-order valence-corrected chi connectivity index (χ2v) is 6.54. The number of aliphatic imine (C=N–C) groups is 1. The number of nitrogens with one attached hydrogen (secondary N) is 1. The molecule has 5 nitrogen and oxygen atoms in total. The first kappa shape index (κ1) is 21.8. The minimum Gasteiger partial charge on any atom is -0.370 e. The van der Waals surface area contributed by atoms with E-state index in [2.05, 4.69) is 22.1 Å². The molecule has 2 atom stereocenters. The summed E-state index contributed by atoms with van der Waals surface area (Å²) < 4.78 is 37.1. The van der Waals surface area contributed by atoms with E-state index in [0.717, 1.165) is 26.1 Å². The Morgan fingerprint density at radius 3 is 2.71 bits per heavy atom. The molecule has 2 rings (SSSR count). The van der Waals surface area contributed by atoms with Crippen molar-refractivity contribution in [3.63, 3.8) is 0 Å². The van der Waals surface area contributed by atoms with Gasteiger partial charge in [-0.1, -0.05) is 6.92 Å². The largest absolute Gasteiger partial charge is 0.401 e. The van der Waals surface area contributed by atoms with E-state index in [1.807, 2.05) is 0 Å². The van der Waals surface area contributed by atoms with Crippen molar-refractivity contribution in [3.05, 3.63) is 0 Å². The number of likely N-dealkylation sites (tertiary alicyclic amines) is 2. The number of likely N-dealkylation sites (N-methyl/N-ethyl adjacent to an activating group) is 1. The van der Waals surface area contributed by atoms with Crippen LogP contribution in [0.1, 0.15) is 26.2 Å². The van der Waals surface area contributed by atoms with Crippen LogP contribution in [0.5, 0.6) is 0 Å². The van der Waals surface area contributed by atoms with Crippen molar-refractivity contribution in [2.24, 2.45) is 16.6 Å². The van der Waals surface area contributed by atoms with Gasteiger partial charge in [0.15, 0.2) is 5.96 Å². The molecule has 2 saturated heterocycles. The van der Waals surface area contributed by atoms with E-state index in [4.69, 9.17) is 5.73 Å². The van der Waals surface area contributed by atoms with Crippen LogP contribution < -0.4 is 11.1 Å². The fraction of sp³-hybridized carbons (Fsp3) is 0.933. The molecule has 3 N–H and O–H groups in total. The van der Waals surface area contributed by atoms with Crippen LogP contribution in [-0.2, 0) is 0 Å². The van der Waals surface area contributed by atoms with Gasteiger partial charge in [-0.3, -0.25) is 14.8 Å². The highest BCUT2D eigenvalue weighted by atomic mass is 127.